The highest BCUT2D eigenvalue weighted by Gasteiger charge is 2.21. The van der Waals surface area contributed by atoms with Crippen LogP contribution in [0, 0.1) is 6.92 Å². The van der Waals surface area contributed by atoms with E-state index < -0.39 is 0 Å². The molecule has 0 spiro atoms. The van der Waals surface area contributed by atoms with E-state index in [-0.39, 0.29) is 0 Å². The molecule has 0 saturated carbocycles. The lowest BCUT2D eigenvalue weighted by Crippen LogP contribution is -2.08. The van der Waals surface area contributed by atoms with Gasteiger partial charge in [-0.1, -0.05) is 6.07 Å². The Balaban J connectivity index is 1.91. The highest BCUT2D eigenvalue weighted by atomic mass is 32.2. The van der Waals surface area contributed by atoms with Crippen molar-refractivity contribution in [2.45, 2.75) is 18.5 Å². The van der Waals surface area contributed by atoms with Gasteiger partial charge in [-0.3, -0.25) is 4.31 Å². The third kappa shape index (κ3) is 1.65. The van der Waals surface area contributed by atoms with Crippen molar-refractivity contribution in [1.82, 2.24) is 9.97 Å². The Hall–Kier alpha value is -1.55. The van der Waals surface area contributed by atoms with Gasteiger partial charge in [0.2, 0.25) is 0 Å². The number of rotatable bonds is 1. The predicted octanol–water partition coefficient (Wildman–Crippen LogP) is 2.81. The van der Waals surface area contributed by atoms with E-state index in [9.17, 15) is 0 Å². The van der Waals surface area contributed by atoms with Crippen molar-refractivity contribution in [2.24, 2.45) is 0 Å². The molecule has 2 aromatic heterocycles. The van der Waals surface area contributed by atoms with Gasteiger partial charge in [0.15, 0.2) is 0 Å². The third-order valence-corrected chi connectivity index (χ3v) is 3.59. The first-order chi connectivity index (χ1) is 7.83. The maximum absolute atomic E-state index is 4.38. The topological polar surface area (TPSA) is 29.0 Å². The number of hydrogen-bond donors (Lipinski definition) is 0. The first-order valence-electron chi connectivity index (χ1n) is 5.15. The van der Waals surface area contributed by atoms with Gasteiger partial charge in [-0.05, 0) is 30.7 Å². The number of hydrogen-bond acceptors (Lipinski definition) is 4. The molecule has 1 aliphatic rings. The quantitative estimate of drug-likeness (QED) is 0.703. The fraction of sp³-hybridized carbons (Fsp3) is 0.167. The second-order valence-corrected chi connectivity index (χ2v) is 4.80. The van der Waals surface area contributed by atoms with E-state index in [0.29, 0.717) is 0 Å². The molecule has 1 aliphatic heterocycles. The lowest BCUT2D eigenvalue weighted by Gasteiger charge is -2.14. The molecular weight excluding hydrogens is 218 g/mol. The molecule has 3 rings (SSSR count). The van der Waals surface area contributed by atoms with Gasteiger partial charge in [-0.15, -0.1) is 0 Å². The van der Waals surface area contributed by atoms with Crippen molar-refractivity contribution in [3.05, 3.63) is 47.8 Å². The van der Waals surface area contributed by atoms with E-state index in [1.54, 1.807) is 11.9 Å². The summed E-state index contributed by atoms with van der Waals surface area (Å²) in [4.78, 5) is 8.73. The predicted molar refractivity (Wildman–Crippen MR) is 65.3 cm³/mol. The average Bonchev–Trinajstić information content (AvgIpc) is 2.72. The van der Waals surface area contributed by atoms with Gasteiger partial charge in [0.25, 0.3) is 0 Å². The molecule has 3 heterocycles. The number of anilines is 1. The Morgan fingerprint density at radius 3 is 3.00 bits per heavy atom. The van der Waals surface area contributed by atoms with Gasteiger partial charge in [-0.2, -0.15) is 0 Å². The van der Waals surface area contributed by atoms with Gasteiger partial charge < -0.3 is 0 Å². The second kappa shape index (κ2) is 3.79. The molecular formula is C12H11N3S. The minimum absolute atomic E-state index is 0.879. The number of nitrogens with zero attached hydrogens (tertiary/aromatic N) is 3. The summed E-state index contributed by atoms with van der Waals surface area (Å²) in [5.41, 5.74) is 2.50. The zero-order chi connectivity index (χ0) is 11.0. The Kier molecular flexibility index (Phi) is 2.29. The van der Waals surface area contributed by atoms with E-state index in [2.05, 4.69) is 33.3 Å². The van der Waals surface area contributed by atoms with E-state index in [0.717, 1.165) is 17.4 Å². The smallest absolute Gasteiger partial charge is 0.139 e. The summed E-state index contributed by atoms with van der Waals surface area (Å²) in [5.74, 6) is 1.00. The summed E-state index contributed by atoms with van der Waals surface area (Å²) in [6, 6.07) is 8.20. The van der Waals surface area contributed by atoms with E-state index in [1.165, 1.54) is 11.1 Å². The lowest BCUT2D eigenvalue weighted by atomic mass is 10.2. The first kappa shape index (κ1) is 9.66. The van der Waals surface area contributed by atoms with Gasteiger partial charge >= 0.3 is 0 Å². The number of fused-ring (bicyclic) bond motifs is 1. The van der Waals surface area contributed by atoms with Gasteiger partial charge in [0, 0.05) is 29.9 Å². The van der Waals surface area contributed by atoms with Crippen LogP contribution in [0.15, 0.2) is 41.7 Å². The van der Waals surface area contributed by atoms with Gasteiger partial charge in [0.1, 0.15) is 10.8 Å². The Morgan fingerprint density at radius 2 is 2.19 bits per heavy atom. The largest absolute Gasteiger partial charge is 0.291 e. The van der Waals surface area contributed by atoms with Crippen molar-refractivity contribution >= 4 is 17.8 Å². The summed E-state index contributed by atoms with van der Waals surface area (Å²) >= 11 is 1.66. The highest BCUT2D eigenvalue weighted by molar-refractivity contribution is 8.00. The molecule has 0 unspecified atom stereocenters. The van der Waals surface area contributed by atoms with Gasteiger partial charge in [0.05, 0.1) is 6.54 Å². The van der Waals surface area contributed by atoms with Crippen LogP contribution in [-0.4, -0.2) is 9.97 Å². The van der Waals surface area contributed by atoms with E-state index in [1.807, 2.05) is 24.5 Å². The standard InChI is InChI=1S/C12H11N3S/c1-9-4-6-13-11(7-9)15-8-10-3-2-5-14-12(10)16-15/h2-7H,8H2,1H3. The van der Waals surface area contributed by atoms with Crippen molar-refractivity contribution in [2.75, 3.05) is 4.31 Å². The monoisotopic (exact) mass is 229 g/mol. The lowest BCUT2D eigenvalue weighted by molar-refractivity contribution is 0.996. The molecule has 16 heavy (non-hydrogen) atoms. The average molecular weight is 229 g/mol. The fourth-order valence-corrected chi connectivity index (χ4v) is 2.67. The van der Waals surface area contributed by atoms with Gasteiger partial charge in [-0.25, -0.2) is 9.97 Å². The molecule has 2 aromatic rings. The van der Waals surface area contributed by atoms with Crippen LogP contribution in [0.5, 0.6) is 0 Å². The number of aryl methyl sites for hydroxylation is 1. The van der Waals surface area contributed by atoms with Crippen LogP contribution in [0.4, 0.5) is 5.82 Å². The fourth-order valence-electron chi connectivity index (χ4n) is 1.70. The maximum atomic E-state index is 4.38. The summed E-state index contributed by atoms with van der Waals surface area (Å²) in [7, 11) is 0. The zero-order valence-electron chi connectivity index (χ0n) is 8.92. The molecule has 0 amide bonds. The minimum Gasteiger partial charge on any atom is -0.291 e. The summed E-state index contributed by atoms with van der Waals surface area (Å²) in [6.07, 6.45) is 3.68. The second-order valence-electron chi connectivity index (χ2n) is 3.79. The molecule has 0 bridgehead atoms. The number of aromatic nitrogens is 2. The molecule has 0 atom stereocenters. The van der Waals surface area contributed by atoms with Crippen molar-refractivity contribution in [3.63, 3.8) is 0 Å². The van der Waals surface area contributed by atoms with Crippen LogP contribution in [0.2, 0.25) is 0 Å². The van der Waals surface area contributed by atoms with Crippen molar-refractivity contribution in [3.8, 4) is 0 Å². The highest BCUT2D eigenvalue weighted by Crippen LogP contribution is 2.36. The Bertz CT molecular complexity index is 502. The SMILES string of the molecule is Cc1ccnc(N2Cc3cccnc3S2)c1. The molecule has 0 N–H and O–H groups in total. The minimum atomic E-state index is 0.879. The molecule has 0 fully saturated rings. The molecule has 0 aliphatic carbocycles. The summed E-state index contributed by atoms with van der Waals surface area (Å²) in [6.45, 7) is 2.96. The van der Waals surface area contributed by atoms with Crippen LogP contribution in [-0.2, 0) is 6.54 Å². The molecule has 0 saturated heterocycles. The third-order valence-electron chi connectivity index (χ3n) is 2.52. The molecule has 3 nitrogen and oxygen atoms in total. The van der Waals surface area contributed by atoms with Crippen molar-refractivity contribution < 1.29 is 0 Å². The Labute approximate surface area is 98.7 Å². The van der Waals surface area contributed by atoms with Crippen LogP contribution in [0.3, 0.4) is 0 Å². The van der Waals surface area contributed by atoms with Crippen molar-refractivity contribution in [1.29, 1.82) is 0 Å². The zero-order valence-corrected chi connectivity index (χ0v) is 9.74. The van der Waals surface area contributed by atoms with Crippen LogP contribution >= 0.6 is 11.9 Å². The molecule has 80 valence electrons. The number of pyridine rings is 2. The maximum Gasteiger partial charge on any atom is 0.139 e. The van der Waals surface area contributed by atoms with Crippen LogP contribution in [0.25, 0.3) is 0 Å². The Morgan fingerprint density at radius 1 is 1.25 bits per heavy atom. The summed E-state index contributed by atoms with van der Waals surface area (Å²) in [5, 5.41) is 1.09. The van der Waals surface area contributed by atoms with E-state index >= 15 is 0 Å². The normalized spacial score (nSPS) is 13.9. The molecule has 0 aromatic carbocycles. The molecule has 4 heteroatoms. The van der Waals surface area contributed by atoms with E-state index in [4.69, 9.17) is 0 Å². The molecule has 0 radical (unpaired) electrons. The first-order valence-corrected chi connectivity index (χ1v) is 5.92. The van der Waals surface area contributed by atoms with Crippen LogP contribution < -0.4 is 4.31 Å². The summed E-state index contributed by atoms with van der Waals surface area (Å²) < 4.78 is 2.17. The van der Waals surface area contributed by atoms with Crippen LogP contribution in [0.1, 0.15) is 11.1 Å².